The number of hydrogen-bond acceptors (Lipinski definition) is 9. The zero-order valence-electron chi connectivity index (χ0n) is 19.9. The lowest BCUT2D eigenvalue weighted by Crippen LogP contribution is -2.28. The van der Waals surface area contributed by atoms with Crippen LogP contribution in [0.25, 0.3) is 22.8 Å². The topological polar surface area (TPSA) is 134 Å². The van der Waals surface area contributed by atoms with E-state index in [-0.39, 0.29) is 34.5 Å². The summed E-state index contributed by atoms with van der Waals surface area (Å²) in [5.74, 6) is -2.11. The lowest BCUT2D eigenvalue weighted by molar-refractivity contribution is 0.395. The third-order valence-electron chi connectivity index (χ3n) is 5.34. The second kappa shape index (κ2) is 10.3. The van der Waals surface area contributed by atoms with Crippen molar-refractivity contribution < 1.29 is 26.7 Å². The molecule has 37 heavy (non-hydrogen) atoms. The summed E-state index contributed by atoms with van der Waals surface area (Å²) >= 11 is 0. The highest BCUT2D eigenvalue weighted by Gasteiger charge is 2.30. The Morgan fingerprint density at radius 1 is 1.00 bits per heavy atom. The Kier molecular flexibility index (Phi) is 7.11. The average Bonchev–Trinajstić information content (AvgIpc) is 3.30. The highest BCUT2D eigenvalue weighted by Crippen LogP contribution is 2.30. The van der Waals surface area contributed by atoms with Crippen molar-refractivity contribution in [2.45, 2.75) is 12.2 Å². The second-order valence-corrected chi connectivity index (χ2v) is 9.58. The molecule has 0 saturated heterocycles. The van der Waals surface area contributed by atoms with Gasteiger partial charge in [-0.2, -0.15) is 0 Å². The van der Waals surface area contributed by atoms with Gasteiger partial charge in [0.05, 0.1) is 32.3 Å². The third-order valence-corrected chi connectivity index (χ3v) is 7.02. The number of pyridine rings is 1. The number of hydrogen-bond donors (Lipinski definition) is 1. The Balaban J connectivity index is 1.78. The van der Waals surface area contributed by atoms with E-state index in [0.29, 0.717) is 0 Å². The first-order valence-corrected chi connectivity index (χ1v) is 12.2. The van der Waals surface area contributed by atoms with Crippen molar-refractivity contribution in [3.63, 3.8) is 0 Å². The molecule has 11 nitrogen and oxygen atoms in total. The van der Waals surface area contributed by atoms with Crippen molar-refractivity contribution in [1.29, 1.82) is 0 Å². The molecule has 4 aromatic rings. The molecule has 0 bridgehead atoms. The van der Waals surface area contributed by atoms with Crippen molar-refractivity contribution in [1.82, 2.24) is 29.7 Å². The van der Waals surface area contributed by atoms with Gasteiger partial charge in [0.15, 0.2) is 5.82 Å². The quantitative estimate of drug-likeness (QED) is 0.347. The first-order chi connectivity index (χ1) is 17.7. The Bertz CT molecular complexity index is 1540. The Labute approximate surface area is 210 Å². The molecule has 4 rings (SSSR count). The van der Waals surface area contributed by atoms with E-state index in [4.69, 9.17) is 9.47 Å². The van der Waals surface area contributed by atoms with Crippen LogP contribution in [0.3, 0.4) is 0 Å². The van der Waals surface area contributed by atoms with Gasteiger partial charge in [0.25, 0.3) is 0 Å². The van der Waals surface area contributed by atoms with Gasteiger partial charge in [-0.15, -0.1) is 10.2 Å². The van der Waals surface area contributed by atoms with E-state index in [2.05, 4.69) is 36.5 Å². The van der Waals surface area contributed by atoms with Crippen molar-refractivity contribution in [3.05, 3.63) is 72.7 Å². The minimum atomic E-state index is -4.28. The van der Waals surface area contributed by atoms with Crippen molar-refractivity contribution >= 4 is 21.5 Å². The Morgan fingerprint density at radius 3 is 2.30 bits per heavy atom. The van der Waals surface area contributed by atoms with E-state index in [1.54, 1.807) is 12.1 Å². The number of aromatic nitrogens is 6. The molecule has 0 amide bonds. The lowest BCUT2D eigenvalue weighted by atomic mass is 10.2. The molecule has 1 atom stereocenters. The maximum Gasteiger partial charge on any atom is 0.243 e. The number of halogens is 2. The Morgan fingerprint density at radius 2 is 1.68 bits per heavy atom. The first-order valence-electron chi connectivity index (χ1n) is 10.6. The highest BCUT2D eigenvalue weighted by atomic mass is 32.2. The summed E-state index contributed by atoms with van der Waals surface area (Å²) in [7, 11) is -1.46. The van der Waals surface area contributed by atoms with Crippen LogP contribution in [0.1, 0.15) is 12.6 Å². The first kappa shape index (κ1) is 25.6. The molecule has 0 radical (unpaired) electrons. The van der Waals surface area contributed by atoms with Crippen LogP contribution in [0.4, 0.5) is 14.7 Å². The van der Waals surface area contributed by atoms with Gasteiger partial charge >= 0.3 is 0 Å². The molecule has 0 spiro atoms. The van der Waals surface area contributed by atoms with Gasteiger partial charge in [0.2, 0.25) is 27.7 Å². The largest absolute Gasteiger partial charge is 0.481 e. The summed E-state index contributed by atoms with van der Waals surface area (Å²) in [6, 6.07) is 7.87. The zero-order chi connectivity index (χ0) is 26.7. The van der Waals surface area contributed by atoms with E-state index in [0.717, 1.165) is 16.7 Å². The zero-order valence-corrected chi connectivity index (χ0v) is 20.7. The summed E-state index contributed by atoms with van der Waals surface area (Å²) in [5.41, 5.74) is -0.148. The van der Waals surface area contributed by atoms with Crippen LogP contribution in [0.2, 0.25) is 0 Å². The SMILES string of the molecule is C=C(c1cnc(OC)cn1)[C@H](C)S(=O)(=O)Nc1nnc(-c2cccc(OC)n2)n1-c1c(F)cccc1F. The second-order valence-electron chi connectivity index (χ2n) is 7.58. The van der Waals surface area contributed by atoms with Gasteiger partial charge in [-0.1, -0.05) is 18.7 Å². The molecule has 3 aromatic heterocycles. The van der Waals surface area contributed by atoms with Crippen LogP contribution in [-0.2, 0) is 10.0 Å². The molecule has 192 valence electrons. The monoisotopic (exact) mass is 529 g/mol. The van der Waals surface area contributed by atoms with Crippen LogP contribution in [0.15, 0.2) is 55.4 Å². The number of sulfonamides is 1. The number of nitrogens with one attached hydrogen (secondary N) is 1. The molecule has 0 aliphatic carbocycles. The van der Waals surface area contributed by atoms with E-state index in [1.807, 2.05) is 0 Å². The van der Waals surface area contributed by atoms with Crippen LogP contribution in [0.5, 0.6) is 11.8 Å². The number of rotatable bonds is 9. The highest BCUT2D eigenvalue weighted by molar-refractivity contribution is 7.93. The average molecular weight is 530 g/mol. The van der Waals surface area contributed by atoms with E-state index >= 15 is 0 Å². The predicted molar refractivity (Wildman–Crippen MR) is 131 cm³/mol. The lowest BCUT2D eigenvalue weighted by Gasteiger charge is -2.18. The molecule has 0 saturated carbocycles. The van der Waals surface area contributed by atoms with Gasteiger partial charge in [-0.3, -0.25) is 9.29 Å². The molecule has 1 aromatic carbocycles. The van der Waals surface area contributed by atoms with Crippen LogP contribution >= 0.6 is 0 Å². The van der Waals surface area contributed by atoms with Crippen molar-refractivity contribution in [2.24, 2.45) is 0 Å². The minimum absolute atomic E-state index is 0.112. The van der Waals surface area contributed by atoms with Crippen LogP contribution in [0, 0.1) is 11.6 Å². The third kappa shape index (κ3) is 5.09. The molecule has 0 unspecified atom stereocenters. The van der Waals surface area contributed by atoms with E-state index in [1.165, 1.54) is 45.7 Å². The van der Waals surface area contributed by atoms with Gasteiger partial charge < -0.3 is 9.47 Å². The maximum absolute atomic E-state index is 14.9. The smallest absolute Gasteiger partial charge is 0.243 e. The molecule has 0 aliphatic rings. The normalized spacial score (nSPS) is 12.1. The molecule has 14 heteroatoms. The van der Waals surface area contributed by atoms with Crippen molar-refractivity contribution in [3.8, 4) is 29.0 Å². The maximum atomic E-state index is 14.9. The van der Waals surface area contributed by atoms with Crippen LogP contribution < -0.4 is 14.2 Å². The summed E-state index contributed by atoms with van der Waals surface area (Å²) in [6.07, 6.45) is 2.63. The fraction of sp³-hybridized carbons (Fsp3) is 0.174. The Hall–Kier alpha value is -4.46. The number of ether oxygens (including phenoxy) is 2. The van der Waals surface area contributed by atoms with Crippen molar-refractivity contribution in [2.75, 3.05) is 18.9 Å². The number of anilines is 1. The number of methoxy groups -OCH3 is 2. The fourth-order valence-corrected chi connectivity index (χ4v) is 4.34. The van der Waals surface area contributed by atoms with Crippen LogP contribution in [-0.4, -0.2) is 57.6 Å². The molecule has 1 N–H and O–H groups in total. The molecule has 0 aliphatic heterocycles. The molecule has 3 heterocycles. The summed E-state index contributed by atoms with van der Waals surface area (Å²) in [5, 5.41) is 6.58. The number of para-hydroxylation sites is 1. The number of nitrogens with zero attached hydrogens (tertiary/aromatic N) is 6. The van der Waals surface area contributed by atoms with Gasteiger partial charge in [-0.05, 0) is 30.7 Å². The fourth-order valence-electron chi connectivity index (χ4n) is 3.28. The minimum Gasteiger partial charge on any atom is -0.481 e. The predicted octanol–water partition coefficient (Wildman–Crippen LogP) is 3.26. The summed E-state index contributed by atoms with van der Waals surface area (Å²) in [4.78, 5) is 12.3. The van der Waals surface area contributed by atoms with Gasteiger partial charge in [-0.25, -0.2) is 32.2 Å². The molecular formula is C23H21F2N7O4S. The van der Waals surface area contributed by atoms with E-state index < -0.39 is 38.5 Å². The van der Waals surface area contributed by atoms with Gasteiger partial charge in [0.1, 0.15) is 28.3 Å². The molecule has 0 fully saturated rings. The standard InChI is InChI=1S/C23H21F2N7O4S/c1-13(18-11-27-20(36-4)12-26-18)14(2)37(33,34)31-23-30-29-22(17-9-6-10-19(28-17)35-3)32(23)21-15(24)7-5-8-16(21)25/h5-12,14H,1H2,2-4H3,(H,30,31)/t14-/m0/s1. The molecular weight excluding hydrogens is 508 g/mol. The van der Waals surface area contributed by atoms with E-state index in [9.17, 15) is 17.2 Å². The van der Waals surface area contributed by atoms with Gasteiger partial charge in [0, 0.05) is 6.07 Å². The number of benzene rings is 1. The summed E-state index contributed by atoms with van der Waals surface area (Å²) in [6.45, 7) is 5.19. The summed E-state index contributed by atoms with van der Waals surface area (Å²) < 4.78 is 69.5.